The number of methoxy groups -OCH3 is 1. The van der Waals surface area contributed by atoms with E-state index in [1.807, 2.05) is 37.3 Å². The number of carbonyl (C=O) groups is 1. The number of benzene rings is 2. The van der Waals surface area contributed by atoms with Crippen molar-refractivity contribution in [1.82, 2.24) is 5.32 Å². The summed E-state index contributed by atoms with van der Waals surface area (Å²) < 4.78 is 16.0. The Bertz CT molecular complexity index is 1020. The van der Waals surface area contributed by atoms with Gasteiger partial charge in [-0.3, -0.25) is 4.79 Å². The second-order valence-electron chi connectivity index (χ2n) is 6.56. The van der Waals surface area contributed by atoms with E-state index in [-0.39, 0.29) is 5.91 Å². The molecule has 3 rings (SSSR count). The van der Waals surface area contributed by atoms with E-state index in [0.29, 0.717) is 24.3 Å². The monoisotopic (exact) mass is 381 g/mol. The van der Waals surface area contributed by atoms with Gasteiger partial charge in [0.25, 0.3) is 5.91 Å². The molecule has 0 aliphatic heterocycles. The van der Waals surface area contributed by atoms with E-state index >= 15 is 0 Å². The van der Waals surface area contributed by atoms with Gasteiger partial charge in [0.15, 0.2) is 6.10 Å². The van der Waals surface area contributed by atoms with Gasteiger partial charge in [-0.2, -0.15) is 0 Å². The average Bonchev–Trinajstić information content (AvgIpc) is 2.68. The second kappa shape index (κ2) is 8.61. The molecule has 6 heteroatoms. The SMILES string of the molecule is COc1ccc(CCNC(=O)C(C)Oc2ccc3c(C)cc(=O)oc3c2)cc1. The van der Waals surface area contributed by atoms with E-state index in [1.54, 1.807) is 26.2 Å². The highest BCUT2D eigenvalue weighted by Crippen LogP contribution is 2.23. The zero-order valence-electron chi connectivity index (χ0n) is 16.2. The Morgan fingerprint density at radius 1 is 1.11 bits per heavy atom. The topological polar surface area (TPSA) is 77.8 Å². The first kappa shape index (κ1) is 19.5. The molecule has 28 heavy (non-hydrogen) atoms. The predicted molar refractivity (Wildman–Crippen MR) is 107 cm³/mol. The molecule has 146 valence electrons. The third-order valence-electron chi connectivity index (χ3n) is 4.48. The smallest absolute Gasteiger partial charge is 0.336 e. The average molecular weight is 381 g/mol. The molecule has 1 atom stereocenters. The van der Waals surface area contributed by atoms with Gasteiger partial charge >= 0.3 is 5.63 Å². The van der Waals surface area contributed by atoms with E-state index in [1.165, 1.54) is 6.07 Å². The van der Waals surface area contributed by atoms with Crippen LogP contribution >= 0.6 is 0 Å². The number of fused-ring (bicyclic) bond motifs is 1. The Balaban J connectivity index is 1.56. The lowest BCUT2D eigenvalue weighted by Crippen LogP contribution is -2.37. The predicted octanol–water partition coefficient (Wildman–Crippen LogP) is 3.24. The molecule has 0 aliphatic rings. The number of ether oxygens (including phenoxy) is 2. The number of rotatable bonds is 7. The number of hydrogen-bond acceptors (Lipinski definition) is 5. The van der Waals surface area contributed by atoms with E-state index < -0.39 is 11.7 Å². The zero-order valence-corrected chi connectivity index (χ0v) is 16.2. The quantitative estimate of drug-likeness (QED) is 0.636. The molecule has 0 radical (unpaired) electrons. The van der Waals surface area contributed by atoms with Crippen LogP contribution in [-0.2, 0) is 11.2 Å². The van der Waals surface area contributed by atoms with Crippen molar-refractivity contribution >= 4 is 16.9 Å². The van der Waals surface area contributed by atoms with Gasteiger partial charge in [-0.15, -0.1) is 0 Å². The molecule has 1 heterocycles. The fourth-order valence-electron chi connectivity index (χ4n) is 2.90. The summed E-state index contributed by atoms with van der Waals surface area (Å²) in [6.45, 7) is 4.03. The van der Waals surface area contributed by atoms with Gasteiger partial charge in [-0.25, -0.2) is 4.79 Å². The highest BCUT2D eigenvalue weighted by atomic mass is 16.5. The van der Waals surface area contributed by atoms with Crippen LogP contribution in [0, 0.1) is 6.92 Å². The van der Waals surface area contributed by atoms with Crippen LogP contribution in [0.4, 0.5) is 0 Å². The number of hydrogen-bond donors (Lipinski definition) is 1. The highest BCUT2D eigenvalue weighted by molar-refractivity contribution is 5.82. The Kier molecular flexibility index (Phi) is 5.99. The Morgan fingerprint density at radius 2 is 1.82 bits per heavy atom. The van der Waals surface area contributed by atoms with Crippen LogP contribution in [-0.4, -0.2) is 25.7 Å². The Morgan fingerprint density at radius 3 is 2.54 bits per heavy atom. The summed E-state index contributed by atoms with van der Waals surface area (Å²) in [4.78, 5) is 23.8. The first-order valence-electron chi connectivity index (χ1n) is 9.08. The van der Waals surface area contributed by atoms with E-state index in [2.05, 4.69) is 5.32 Å². The lowest BCUT2D eigenvalue weighted by atomic mass is 10.1. The molecule has 0 saturated carbocycles. The molecular formula is C22H23NO5. The molecule has 3 aromatic rings. The minimum absolute atomic E-state index is 0.209. The lowest BCUT2D eigenvalue weighted by molar-refractivity contribution is -0.127. The fraction of sp³-hybridized carbons (Fsp3) is 0.273. The summed E-state index contributed by atoms with van der Waals surface area (Å²) in [5, 5.41) is 3.70. The number of aryl methyl sites for hydroxylation is 1. The maximum Gasteiger partial charge on any atom is 0.336 e. The minimum atomic E-state index is -0.676. The molecule has 0 aliphatic carbocycles. The number of nitrogens with one attached hydrogen (secondary N) is 1. The summed E-state index contributed by atoms with van der Waals surface area (Å²) in [5.41, 5.74) is 1.97. The lowest BCUT2D eigenvalue weighted by Gasteiger charge is -2.15. The molecule has 1 amide bonds. The molecule has 1 aromatic heterocycles. The van der Waals surface area contributed by atoms with E-state index in [0.717, 1.165) is 22.3 Å². The Labute approximate surface area is 163 Å². The van der Waals surface area contributed by atoms with Crippen LogP contribution < -0.4 is 20.4 Å². The minimum Gasteiger partial charge on any atom is -0.497 e. The molecule has 0 bridgehead atoms. The summed E-state index contributed by atoms with van der Waals surface area (Å²) in [6.07, 6.45) is 0.0351. The zero-order chi connectivity index (χ0) is 20.1. The van der Waals surface area contributed by atoms with Crippen molar-refractivity contribution in [2.45, 2.75) is 26.4 Å². The van der Waals surface area contributed by atoms with Crippen molar-refractivity contribution in [3.05, 3.63) is 70.1 Å². The van der Waals surface area contributed by atoms with Crippen molar-refractivity contribution in [2.24, 2.45) is 0 Å². The van der Waals surface area contributed by atoms with Crippen molar-refractivity contribution < 1.29 is 18.7 Å². The van der Waals surface area contributed by atoms with E-state index in [9.17, 15) is 9.59 Å². The third-order valence-corrected chi connectivity index (χ3v) is 4.48. The first-order chi connectivity index (χ1) is 13.5. The third kappa shape index (κ3) is 4.71. The first-order valence-corrected chi connectivity index (χ1v) is 9.08. The molecule has 1 unspecified atom stereocenters. The van der Waals surface area contributed by atoms with Crippen LogP contribution in [0.25, 0.3) is 11.0 Å². The normalized spacial score (nSPS) is 11.8. The van der Waals surface area contributed by atoms with Crippen LogP contribution in [0.1, 0.15) is 18.1 Å². The molecule has 0 fully saturated rings. The van der Waals surface area contributed by atoms with Crippen LogP contribution in [0.3, 0.4) is 0 Å². The molecular weight excluding hydrogens is 358 g/mol. The second-order valence-corrected chi connectivity index (χ2v) is 6.56. The summed E-state index contributed by atoms with van der Waals surface area (Å²) in [5.74, 6) is 1.06. The van der Waals surface area contributed by atoms with Crippen LogP contribution in [0.2, 0.25) is 0 Å². The maximum absolute atomic E-state index is 12.3. The molecule has 6 nitrogen and oxygen atoms in total. The van der Waals surface area contributed by atoms with Crippen molar-refractivity contribution in [1.29, 1.82) is 0 Å². The summed E-state index contributed by atoms with van der Waals surface area (Å²) in [6, 6.07) is 14.4. The maximum atomic E-state index is 12.3. The molecule has 2 aromatic carbocycles. The fourth-order valence-corrected chi connectivity index (χ4v) is 2.90. The van der Waals surface area contributed by atoms with Gasteiger partial charge in [-0.05, 0) is 55.7 Å². The van der Waals surface area contributed by atoms with Crippen molar-refractivity contribution in [3.63, 3.8) is 0 Å². The van der Waals surface area contributed by atoms with Crippen LogP contribution in [0.15, 0.2) is 57.7 Å². The molecule has 1 N–H and O–H groups in total. The van der Waals surface area contributed by atoms with Crippen molar-refractivity contribution in [3.8, 4) is 11.5 Å². The summed E-state index contributed by atoms with van der Waals surface area (Å²) >= 11 is 0. The van der Waals surface area contributed by atoms with Gasteiger partial charge in [0.2, 0.25) is 0 Å². The van der Waals surface area contributed by atoms with Gasteiger partial charge in [-0.1, -0.05) is 12.1 Å². The Hall–Kier alpha value is -3.28. The van der Waals surface area contributed by atoms with Gasteiger partial charge < -0.3 is 19.2 Å². The van der Waals surface area contributed by atoms with Gasteiger partial charge in [0, 0.05) is 24.1 Å². The molecule has 0 saturated heterocycles. The standard InChI is InChI=1S/C22H23NO5/c1-14-12-21(24)28-20-13-18(8-9-19(14)20)27-15(2)22(25)23-11-10-16-4-6-17(26-3)7-5-16/h4-9,12-13,15H,10-11H2,1-3H3,(H,23,25). The van der Waals surface area contributed by atoms with Gasteiger partial charge in [0.05, 0.1) is 7.11 Å². The van der Waals surface area contributed by atoms with Gasteiger partial charge in [0.1, 0.15) is 17.1 Å². The number of carbonyl (C=O) groups excluding carboxylic acids is 1. The molecule has 0 spiro atoms. The number of amides is 1. The van der Waals surface area contributed by atoms with Crippen LogP contribution in [0.5, 0.6) is 11.5 Å². The summed E-state index contributed by atoms with van der Waals surface area (Å²) in [7, 11) is 1.63. The largest absolute Gasteiger partial charge is 0.497 e. The van der Waals surface area contributed by atoms with Crippen molar-refractivity contribution in [2.75, 3.05) is 13.7 Å². The van der Waals surface area contributed by atoms with E-state index in [4.69, 9.17) is 13.9 Å². The highest BCUT2D eigenvalue weighted by Gasteiger charge is 2.15.